The van der Waals surface area contributed by atoms with E-state index in [-0.39, 0.29) is 17.5 Å². The van der Waals surface area contributed by atoms with E-state index in [1.165, 1.54) is 5.56 Å². The van der Waals surface area contributed by atoms with Crippen LogP contribution in [0.25, 0.3) is 0 Å². The van der Waals surface area contributed by atoms with Gasteiger partial charge in [-0.05, 0) is 49.3 Å². The highest BCUT2D eigenvalue weighted by atomic mass is 16.5. The molecule has 3 heteroatoms. The van der Waals surface area contributed by atoms with Gasteiger partial charge in [-0.15, -0.1) is 0 Å². The topological polar surface area (TPSA) is 35.5 Å². The predicted octanol–water partition coefficient (Wildman–Crippen LogP) is 5.04. The number of rotatable bonds is 2. The summed E-state index contributed by atoms with van der Waals surface area (Å²) in [5.41, 5.74) is 2.93. The lowest BCUT2D eigenvalue weighted by Crippen LogP contribution is -2.36. The van der Waals surface area contributed by atoms with Crippen molar-refractivity contribution < 1.29 is 14.3 Å². The summed E-state index contributed by atoms with van der Waals surface area (Å²) in [5.74, 6) is 1.87. The zero-order valence-electron chi connectivity index (χ0n) is 15.2. The van der Waals surface area contributed by atoms with Crippen molar-refractivity contribution in [2.75, 3.05) is 0 Å². The fourth-order valence-corrected chi connectivity index (χ4v) is 4.12. The fraction of sp³-hybridized carbons (Fsp3) is 0.409. The smallest absolute Gasteiger partial charge is 0.323 e. The van der Waals surface area contributed by atoms with Crippen LogP contribution in [-0.4, -0.2) is 11.6 Å². The average Bonchev–Trinajstić information content (AvgIpc) is 2.86. The molecule has 2 unspecified atom stereocenters. The maximum absolute atomic E-state index is 12.5. The average molecular weight is 336 g/mol. The van der Waals surface area contributed by atoms with Crippen molar-refractivity contribution in [2.45, 2.75) is 51.6 Å². The van der Waals surface area contributed by atoms with E-state index >= 15 is 0 Å². The number of benzene rings is 2. The minimum absolute atomic E-state index is 0.205. The molecule has 0 radical (unpaired) electrons. The van der Waals surface area contributed by atoms with Gasteiger partial charge in [-0.25, -0.2) is 0 Å². The van der Waals surface area contributed by atoms with Crippen molar-refractivity contribution in [3.05, 3.63) is 59.2 Å². The molecule has 130 valence electrons. The molecule has 0 saturated carbocycles. The van der Waals surface area contributed by atoms with Crippen molar-refractivity contribution in [1.29, 1.82) is 0 Å². The van der Waals surface area contributed by atoms with E-state index in [2.05, 4.69) is 33.8 Å². The lowest BCUT2D eigenvalue weighted by Gasteiger charge is -2.39. The van der Waals surface area contributed by atoms with E-state index in [1.807, 2.05) is 36.4 Å². The summed E-state index contributed by atoms with van der Waals surface area (Å²) in [6.45, 7) is 8.74. The summed E-state index contributed by atoms with van der Waals surface area (Å²) in [4.78, 5) is 12.5. The van der Waals surface area contributed by atoms with Crippen molar-refractivity contribution in [3.8, 4) is 11.5 Å². The van der Waals surface area contributed by atoms with Gasteiger partial charge >= 0.3 is 5.97 Å². The largest absolute Gasteiger partial charge is 0.487 e. The third-order valence-electron chi connectivity index (χ3n) is 5.33. The first-order valence-corrected chi connectivity index (χ1v) is 8.99. The molecular weight excluding hydrogens is 312 g/mol. The normalized spacial score (nSPS) is 23.6. The van der Waals surface area contributed by atoms with Crippen molar-refractivity contribution in [1.82, 2.24) is 0 Å². The van der Waals surface area contributed by atoms with Crippen LogP contribution >= 0.6 is 0 Å². The molecule has 0 aromatic heterocycles. The highest BCUT2D eigenvalue weighted by molar-refractivity contribution is 5.90. The Morgan fingerprint density at radius 1 is 1.04 bits per heavy atom. The van der Waals surface area contributed by atoms with Gasteiger partial charge < -0.3 is 9.47 Å². The highest BCUT2D eigenvalue weighted by Gasteiger charge is 2.40. The van der Waals surface area contributed by atoms with Crippen LogP contribution in [0.15, 0.2) is 42.5 Å². The zero-order chi connectivity index (χ0) is 17.8. The molecule has 2 aromatic carbocycles. The predicted molar refractivity (Wildman–Crippen MR) is 97.3 cm³/mol. The molecule has 2 atom stereocenters. The zero-order valence-corrected chi connectivity index (χ0v) is 15.2. The Balaban J connectivity index is 1.84. The van der Waals surface area contributed by atoms with E-state index < -0.39 is 0 Å². The molecule has 0 saturated heterocycles. The molecule has 0 amide bonds. The molecule has 0 aliphatic carbocycles. The van der Waals surface area contributed by atoms with Gasteiger partial charge in [0.15, 0.2) is 0 Å². The molecule has 4 rings (SSSR count). The van der Waals surface area contributed by atoms with Gasteiger partial charge in [0.05, 0.1) is 0 Å². The second kappa shape index (κ2) is 5.62. The van der Waals surface area contributed by atoms with Gasteiger partial charge in [-0.2, -0.15) is 0 Å². The van der Waals surface area contributed by atoms with E-state index in [0.717, 1.165) is 23.3 Å². The van der Waals surface area contributed by atoms with E-state index in [0.29, 0.717) is 17.6 Å². The van der Waals surface area contributed by atoms with Crippen LogP contribution in [0.3, 0.4) is 0 Å². The molecule has 2 aliphatic rings. The van der Waals surface area contributed by atoms with Crippen molar-refractivity contribution in [2.24, 2.45) is 5.92 Å². The van der Waals surface area contributed by atoms with Gasteiger partial charge in [0.2, 0.25) is 0 Å². The molecule has 0 spiro atoms. The number of carbonyl (C=O) groups excluding carboxylic acids is 1. The summed E-state index contributed by atoms with van der Waals surface area (Å²) in [6, 6.07) is 13.9. The third kappa shape index (κ3) is 2.72. The van der Waals surface area contributed by atoms with Crippen LogP contribution in [0.4, 0.5) is 0 Å². The van der Waals surface area contributed by atoms with Crippen LogP contribution < -0.4 is 9.47 Å². The van der Waals surface area contributed by atoms with Crippen LogP contribution in [0, 0.1) is 5.92 Å². The molecule has 25 heavy (non-hydrogen) atoms. The van der Waals surface area contributed by atoms with Gasteiger partial charge in [0.1, 0.15) is 23.0 Å². The minimum Gasteiger partial charge on any atom is -0.487 e. The minimum atomic E-state index is -0.343. The van der Waals surface area contributed by atoms with Gasteiger partial charge in [-0.1, -0.05) is 44.2 Å². The van der Waals surface area contributed by atoms with E-state index in [1.54, 1.807) is 0 Å². The Labute approximate surface area is 149 Å². The first-order valence-electron chi connectivity index (χ1n) is 8.99. The summed E-state index contributed by atoms with van der Waals surface area (Å²) in [7, 11) is 0. The third-order valence-corrected chi connectivity index (χ3v) is 5.33. The summed E-state index contributed by atoms with van der Waals surface area (Å²) >= 11 is 0. The van der Waals surface area contributed by atoms with Crippen molar-refractivity contribution >= 4 is 5.97 Å². The summed E-state index contributed by atoms with van der Waals surface area (Å²) < 4.78 is 11.8. The monoisotopic (exact) mass is 336 g/mol. The van der Waals surface area contributed by atoms with Crippen LogP contribution in [0.1, 0.15) is 62.6 Å². The number of hydrogen-bond donors (Lipinski definition) is 0. The summed E-state index contributed by atoms with van der Waals surface area (Å²) in [6.07, 6.45) is 0.973. The molecule has 3 nitrogen and oxygen atoms in total. The summed E-state index contributed by atoms with van der Waals surface area (Å²) in [5, 5.41) is 0. The van der Waals surface area contributed by atoms with Gasteiger partial charge in [0.25, 0.3) is 0 Å². The van der Waals surface area contributed by atoms with Crippen LogP contribution in [-0.2, 0) is 4.79 Å². The number of fused-ring (bicyclic) bond motifs is 2. The molecule has 0 bridgehead atoms. The number of ether oxygens (including phenoxy) is 2. The molecular formula is C22H24O3. The molecule has 0 fully saturated rings. The maximum Gasteiger partial charge on any atom is 0.323 e. The van der Waals surface area contributed by atoms with Gasteiger partial charge in [0, 0.05) is 11.6 Å². The first-order chi connectivity index (χ1) is 11.9. The van der Waals surface area contributed by atoms with Crippen LogP contribution in [0.5, 0.6) is 11.5 Å². The first kappa shape index (κ1) is 16.2. The van der Waals surface area contributed by atoms with E-state index in [9.17, 15) is 4.79 Å². The number of carbonyl (C=O) groups is 1. The maximum atomic E-state index is 12.5. The lowest BCUT2D eigenvalue weighted by atomic mass is 9.77. The molecule has 2 heterocycles. The molecule has 2 aliphatic heterocycles. The second-order valence-electron chi connectivity index (χ2n) is 8.11. The second-order valence-corrected chi connectivity index (χ2v) is 8.11. The van der Waals surface area contributed by atoms with Crippen molar-refractivity contribution in [3.63, 3.8) is 0 Å². The Morgan fingerprint density at radius 2 is 1.76 bits per heavy atom. The highest BCUT2D eigenvalue weighted by Crippen LogP contribution is 2.50. The number of esters is 1. The SMILES string of the molecule is CC(C)C1CC(C)(C)Oc2cc3c(cc21)C(c1ccccc1)C(=O)O3. The van der Waals surface area contributed by atoms with Gasteiger partial charge in [-0.3, -0.25) is 4.79 Å². The Bertz CT molecular complexity index is 821. The quantitative estimate of drug-likeness (QED) is 0.569. The van der Waals surface area contributed by atoms with E-state index in [4.69, 9.17) is 9.47 Å². The lowest BCUT2D eigenvalue weighted by molar-refractivity contribution is -0.133. The molecule has 2 aromatic rings. The molecule has 0 N–H and O–H groups in total. The van der Waals surface area contributed by atoms with Crippen LogP contribution in [0.2, 0.25) is 0 Å². The fourth-order valence-electron chi connectivity index (χ4n) is 4.12. The standard InChI is InChI=1S/C22H24O3/c1-13(2)17-12-22(3,4)25-19-11-18-16(10-15(17)19)20(21(23)24-18)14-8-6-5-7-9-14/h5-11,13,17,20H,12H2,1-4H3. The Hall–Kier alpha value is -2.29. The number of hydrogen-bond acceptors (Lipinski definition) is 3. The Kier molecular flexibility index (Phi) is 3.64. The Morgan fingerprint density at radius 3 is 2.44 bits per heavy atom.